The van der Waals surface area contributed by atoms with Crippen molar-refractivity contribution in [2.75, 3.05) is 51.3 Å². The Morgan fingerprint density at radius 1 is 1.32 bits per heavy atom. The Kier molecular flexibility index (Phi) is 6.27. The monoisotopic (exact) mass is 349 g/mol. The first-order valence-electron chi connectivity index (χ1n) is 9.01. The van der Waals surface area contributed by atoms with Gasteiger partial charge in [-0.25, -0.2) is 14.8 Å². The normalized spacial score (nSPS) is 20.1. The number of anilines is 1. The highest BCUT2D eigenvalue weighted by atomic mass is 16.5. The van der Waals surface area contributed by atoms with Gasteiger partial charge in [0, 0.05) is 52.4 Å². The molecule has 1 aromatic rings. The second kappa shape index (κ2) is 8.84. The van der Waals surface area contributed by atoms with E-state index in [4.69, 9.17) is 9.47 Å². The number of urea groups is 1. The van der Waals surface area contributed by atoms with E-state index in [0.29, 0.717) is 32.1 Å². The molecule has 0 bridgehead atoms. The Morgan fingerprint density at radius 2 is 2.16 bits per heavy atom. The molecule has 2 fully saturated rings. The highest BCUT2D eigenvalue weighted by Crippen LogP contribution is 2.22. The first-order chi connectivity index (χ1) is 12.3. The molecule has 138 valence electrons. The summed E-state index contributed by atoms with van der Waals surface area (Å²) < 4.78 is 11.0. The Balaban J connectivity index is 1.46. The predicted octanol–water partition coefficient (Wildman–Crippen LogP) is 1.28. The number of carbonyl (C=O) groups is 1. The molecule has 1 atom stereocenters. The molecule has 1 unspecified atom stereocenters. The van der Waals surface area contributed by atoms with Gasteiger partial charge in [-0.3, -0.25) is 0 Å². The van der Waals surface area contributed by atoms with E-state index in [0.717, 1.165) is 31.7 Å². The Hall–Kier alpha value is -2.09. The molecule has 0 radical (unpaired) electrons. The lowest BCUT2D eigenvalue weighted by Gasteiger charge is -2.19. The van der Waals surface area contributed by atoms with Crippen molar-refractivity contribution in [1.29, 1.82) is 0 Å². The summed E-state index contributed by atoms with van der Waals surface area (Å²) in [6, 6.07) is 1.86. The van der Waals surface area contributed by atoms with Crippen LogP contribution in [0, 0.1) is 0 Å². The van der Waals surface area contributed by atoms with E-state index < -0.39 is 0 Å². The largest absolute Gasteiger partial charge is 0.472 e. The fourth-order valence-corrected chi connectivity index (χ4v) is 3.22. The summed E-state index contributed by atoms with van der Waals surface area (Å²) in [6.45, 7) is 4.64. The van der Waals surface area contributed by atoms with Crippen LogP contribution in [-0.4, -0.2) is 73.4 Å². The number of amides is 2. The Morgan fingerprint density at radius 3 is 2.96 bits per heavy atom. The molecule has 0 saturated carbocycles. The van der Waals surface area contributed by atoms with Crippen LogP contribution in [-0.2, 0) is 4.74 Å². The lowest BCUT2D eigenvalue weighted by molar-refractivity contribution is 0.178. The summed E-state index contributed by atoms with van der Waals surface area (Å²) in [5.41, 5.74) is 0. The van der Waals surface area contributed by atoms with Crippen molar-refractivity contribution in [3.8, 4) is 5.88 Å². The zero-order valence-corrected chi connectivity index (χ0v) is 14.8. The van der Waals surface area contributed by atoms with Crippen LogP contribution in [0.25, 0.3) is 0 Å². The molecule has 25 heavy (non-hydrogen) atoms. The highest BCUT2D eigenvalue weighted by Gasteiger charge is 2.28. The van der Waals surface area contributed by atoms with Crippen LogP contribution in [0.5, 0.6) is 5.88 Å². The maximum absolute atomic E-state index is 12.1. The van der Waals surface area contributed by atoms with Gasteiger partial charge in [0.1, 0.15) is 18.2 Å². The minimum absolute atomic E-state index is 0.0222. The van der Waals surface area contributed by atoms with Crippen molar-refractivity contribution in [3.05, 3.63) is 12.4 Å². The van der Waals surface area contributed by atoms with Crippen molar-refractivity contribution >= 4 is 11.8 Å². The van der Waals surface area contributed by atoms with Gasteiger partial charge in [-0.1, -0.05) is 0 Å². The quantitative estimate of drug-likeness (QED) is 0.747. The number of ether oxygens (including phenoxy) is 2. The van der Waals surface area contributed by atoms with Crippen LogP contribution in [0.3, 0.4) is 0 Å². The SMILES string of the molecule is COCCCNC(=O)N1CCC(Oc2cc(N3CCCC3)ncn2)C1. The topological polar surface area (TPSA) is 79.8 Å². The summed E-state index contributed by atoms with van der Waals surface area (Å²) in [5.74, 6) is 1.51. The highest BCUT2D eigenvalue weighted by molar-refractivity contribution is 5.74. The van der Waals surface area contributed by atoms with Crippen molar-refractivity contribution in [3.63, 3.8) is 0 Å². The third kappa shape index (κ3) is 4.94. The summed E-state index contributed by atoms with van der Waals surface area (Å²) >= 11 is 0. The summed E-state index contributed by atoms with van der Waals surface area (Å²) in [5, 5.41) is 2.91. The van der Waals surface area contributed by atoms with E-state index >= 15 is 0 Å². The van der Waals surface area contributed by atoms with Gasteiger partial charge in [-0.15, -0.1) is 0 Å². The van der Waals surface area contributed by atoms with E-state index in [9.17, 15) is 4.79 Å². The molecule has 3 rings (SSSR count). The molecular formula is C17H27N5O3. The maximum atomic E-state index is 12.1. The van der Waals surface area contributed by atoms with E-state index in [1.807, 2.05) is 6.07 Å². The predicted molar refractivity (Wildman–Crippen MR) is 94.0 cm³/mol. The standard InChI is InChI=1S/C17H27N5O3/c1-24-10-4-6-18-17(23)22-9-5-14(12-22)25-16-11-15(19-13-20-16)21-7-2-3-8-21/h11,13-14H,2-10,12H2,1H3,(H,18,23). The van der Waals surface area contributed by atoms with E-state index in [-0.39, 0.29) is 12.1 Å². The number of hydrogen-bond donors (Lipinski definition) is 1. The van der Waals surface area contributed by atoms with Crippen molar-refractivity contribution in [2.45, 2.75) is 31.8 Å². The molecule has 2 saturated heterocycles. The summed E-state index contributed by atoms with van der Waals surface area (Å²) in [6.07, 6.45) is 5.57. The molecule has 2 aliphatic heterocycles. The summed E-state index contributed by atoms with van der Waals surface area (Å²) in [4.78, 5) is 24.7. The van der Waals surface area contributed by atoms with E-state index in [1.54, 1.807) is 18.3 Å². The average Bonchev–Trinajstić information content (AvgIpc) is 3.31. The van der Waals surface area contributed by atoms with Gasteiger partial charge in [0.15, 0.2) is 0 Å². The molecule has 8 nitrogen and oxygen atoms in total. The van der Waals surface area contributed by atoms with Gasteiger partial charge in [-0.05, 0) is 19.3 Å². The second-order valence-electron chi connectivity index (χ2n) is 6.46. The third-order valence-corrected chi connectivity index (χ3v) is 4.58. The first-order valence-corrected chi connectivity index (χ1v) is 9.01. The second-order valence-corrected chi connectivity index (χ2v) is 6.46. The molecule has 0 aliphatic carbocycles. The Labute approximate surface area is 148 Å². The third-order valence-electron chi connectivity index (χ3n) is 4.58. The van der Waals surface area contributed by atoms with Gasteiger partial charge in [0.25, 0.3) is 0 Å². The van der Waals surface area contributed by atoms with Crippen LogP contribution in [0.4, 0.5) is 10.6 Å². The number of hydrogen-bond acceptors (Lipinski definition) is 6. The van der Waals surface area contributed by atoms with Crippen molar-refractivity contribution in [2.24, 2.45) is 0 Å². The zero-order valence-electron chi connectivity index (χ0n) is 14.8. The number of likely N-dealkylation sites (tertiary alicyclic amines) is 1. The smallest absolute Gasteiger partial charge is 0.317 e. The molecule has 2 aliphatic rings. The number of carbonyl (C=O) groups excluding carboxylic acids is 1. The van der Waals surface area contributed by atoms with Crippen molar-refractivity contribution in [1.82, 2.24) is 20.2 Å². The van der Waals surface area contributed by atoms with Gasteiger partial charge >= 0.3 is 6.03 Å². The molecular weight excluding hydrogens is 322 g/mol. The van der Waals surface area contributed by atoms with Gasteiger partial charge in [0.05, 0.1) is 6.54 Å². The number of aromatic nitrogens is 2. The first kappa shape index (κ1) is 17.7. The molecule has 3 heterocycles. The number of rotatable bonds is 7. The van der Waals surface area contributed by atoms with Crippen LogP contribution in [0.15, 0.2) is 12.4 Å². The average molecular weight is 349 g/mol. The molecule has 0 aromatic carbocycles. The molecule has 1 aromatic heterocycles. The number of methoxy groups -OCH3 is 1. The van der Waals surface area contributed by atoms with Gasteiger partial charge in [0.2, 0.25) is 5.88 Å². The van der Waals surface area contributed by atoms with Crippen LogP contribution >= 0.6 is 0 Å². The molecule has 1 N–H and O–H groups in total. The van der Waals surface area contributed by atoms with Gasteiger partial charge in [-0.2, -0.15) is 0 Å². The zero-order chi connectivity index (χ0) is 17.5. The minimum atomic E-state index is -0.0392. The van der Waals surface area contributed by atoms with Gasteiger partial charge < -0.3 is 24.6 Å². The van der Waals surface area contributed by atoms with Crippen LogP contribution in [0.2, 0.25) is 0 Å². The Bertz CT molecular complexity index is 565. The fourth-order valence-electron chi connectivity index (χ4n) is 3.22. The lowest BCUT2D eigenvalue weighted by atomic mass is 10.3. The van der Waals surface area contributed by atoms with Crippen LogP contribution < -0.4 is 15.0 Å². The number of nitrogens with zero attached hydrogens (tertiary/aromatic N) is 4. The molecule has 8 heteroatoms. The molecule has 0 spiro atoms. The van der Waals surface area contributed by atoms with Crippen molar-refractivity contribution < 1.29 is 14.3 Å². The van der Waals surface area contributed by atoms with E-state index in [2.05, 4.69) is 20.2 Å². The number of nitrogens with one attached hydrogen (secondary N) is 1. The fraction of sp³-hybridized carbons (Fsp3) is 0.706. The maximum Gasteiger partial charge on any atom is 0.317 e. The van der Waals surface area contributed by atoms with E-state index in [1.165, 1.54) is 12.8 Å². The summed E-state index contributed by atoms with van der Waals surface area (Å²) in [7, 11) is 1.66. The lowest BCUT2D eigenvalue weighted by Crippen LogP contribution is -2.40. The van der Waals surface area contributed by atoms with Crippen LogP contribution in [0.1, 0.15) is 25.7 Å². The minimum Gasteiger partial charge on any atom is -0.472 e. The molecule has 2 amide bonds.